The normalized spacial score (nSPS) is 12.4. The van der Waals surface area contributed by atoms with Crippen molar-refractivity contribution in [1.82, 2.24) is 10.2 Å². The van der Waals surface area contributed by atoms with Gasteiger partial charge in [0.25, 0.3) is 0 Å². The largest absolute Gasteiger partial charge is 0.423 e. The van der Waals surface area contributed by atoms with E-state index in [1.807, 2.05) is 18.7 Å². The minimum atomic E-state index is -4.49. The number of alkyl halides is 3. The summed E-state index contributed by atoms with van der Waals surface area (Å²) >= 11 is 0. The van der Waals surface area contributed by atoms with Gasteiger partial charge in [-0.25, -0.2) is 0 Å². The third-order valence-electron chi connectivity index (χ3n) is 3.13. The van der Waals surface area contributed by atoms with Gasteiger partial charge in [-0.05, 0) is 44.7 Å². The molecule has 0 aromatic rings. The molecule has 0 aliphatic rings. The van der Waals surface area contributed by atoms with Crippen LogP contribution in [-0.2, 0) is 4.79 Å². The van der Waals surface area contributed by atoms with E-state index in [9.17, 15) is 18.0 Å². The van der Waals surface area contributed by atoms with Crippen LogP contribution >= 0.6 is 0 Å². The maximum Gasteiger partial charge on any atom is 0.423 e. The van der Waals surface area contributed by atoms with Crippen molar-refractivity contribution in [2.45, 2.75) is 33.9 Å². The van der Waals surface area contributed by atoms with Crippen LogP contribution < -0.4 is 5.32 Å². The van der Waals surface area contributed by atoms with Gasteiger partial charge in [0, 0.05) is 5.70 Å². The number of halogens is 3. The van der Waals surface area contributed by atoms with Crippen LogP contribution in [0.2, 0.25) is 0 Å². The Kier molecular flexibility index (Phi) is 8.53. The molecule has 0 aliphatic heterocycles. The van der Waals surface area contributed by atoms with E-state index in [0.717, 1.165) is 13.1 Å². The number of likely N-dealkylation sites (N-methyl/N-ethyl adjacent to an activating group) is 1. The van der Waals surface area contributed by atoms with Gasteiger partial charge in [0.2, 0.25) is 5.91 Å². The lowest BCUT2D eigenvalue weighted by molar-refractivity contribution is -0.121. The van der Waals surface area contributed by atoms with Gasteiger partial charge in [0.05, 0.1) is 12.1 Å². The molecule has 22 heavy (non-hydrogen) atoms. The van der Waals surface area contributed by atoms with Crippen LogP contribution in [0.5, 0.6) is 0 Å². The van der Waals surface area contributed by atoms with Crippen molar-refractivity contribution in [3.05, 3.63) is 41.3 Å². The maximum absolute atomic E-state index is 12.5. The van der Waals surface area contributed by atoms with Crippen LogP contribution in [0, 0.1) is 0 Å². The third kappa shape index (κ3) is 7.29. The molecule has 0 bridgehead atoms. The molecule has 6 heteroatoms. The number of hydrogen-bond acceptors (Lipinski definition) is 2. The summed E-state index contributed by atoms with van der Waals surface area (Å²) in [6, 6.07) is 0. The first-order chi connectivity index (χ1) is 10.1. The van der Waals surface area contributed by atoms with Gasteiger partial charge in [0.15, 0.2) is 0 Å². The molecule has 1 amide bonds. The van der Waals surface area contributed by atoms with Crippen LogP contribution in [-0.4, -0.2) is 36.6 Å². The molecule has 0 aliphatic carbocycles. The SMILES string of the molecule is C=CC(=C=CC(C)=C(C)NC(=O)CN(CC)CC)C(F)(F)F. The molecular formula is C16H23F3N2O. The first-order valence-electron chi connectivity index (χ1n) is 7.01. The Morgan fingerprint density at radius 1 is 1.27 bits per heavy atom. The van der Waals surface area contributed by atoms with Gasteiger partial charge >= 0.3 is 6.18 Å². The zero-order valence-electron chi connectivity index (χ0n) is 13.5. The van der Waals surface area contributed by atoms with Gasteiger partial charge in [-0.3, -0.25) is 9.69 Å². The van der Waals surface area contributed by atoms with E-state index in [-0.39, 0.29) is 12.5 Å². The van der Waals surface area contributed by atoms with Crippen molar-refractivity contribution in [2.24, 2.45) is 0 Å². The first-order valence-corrected chi connectivity index (χ1v) is 7.01. The van der Waals surface area contributed by atoms with E-state index in [0.29, 0.717) is 17.3 Å². The molecule has 0 spiro atoms. The average molecular weight is 316 g/mol. The fourth-order valence-corrected chi connectivity index (χ4v) is 1.55. The lowest BCUT2D eigenvalue weighted by atomic mass is 10.2. The zero-order valence-corrected chi connectivity index (χ0v) is 13.5. The number of rotatable bonds is 7. The molecule has 0 heterocycles. The standard InChI is InChI=1S/C16H23F3N2O/c1-6-14(16(17,18)19)10-9-12(4)13(5)20-15(22)11-21(7-2)8-3/h6,9H,1,7-8,11H2,2-5H3,(H,20,22). The predicted octanol–water partition coefficient (Wildman–Crippen LogP) is 3.57. The molecular weight excluding hydrogens is 293 g/mol. The Labute approximate surface area is 129 Å². The fourth-order valence-electron chi connectivity index (χ4n) is 1.55. The summed E-state index contributed by atoms with van der Waals surface area (Å²) in [5, 5.41) is 2.67. The second-order valence-electron chi connectivity index (χ2n) is 4.72. The number of nitrogens with zero attached hydrogens (tertiary/aromatic N) is 1. The molecule has 1 N–H and O–H groups in total. The van der Waals surface area contributed by atoms with E-state index in [2.05, 4.69) is 17.6 Å². The molecule has 0 fully saturated rings. The quantitative estimate of drug-likeness (QED) is 0.575. The summed E-state index contributed by atoms with van der Waals surface area (Å²) in [7, 11) is 0. The van der Waals surface area contributed by atoms with E-state index >= 15 is 0 Å². The van der Waals surface area contributed by atoms with Gasteiger partial charge in [-0.1, -0.05) is 20.4 Å². The van der Waals surface area contributed by atoms with Crippen molar-refractivity contribution in [2.75, 3.05) is 19.6 Å². The highest BCUT2D eigenvalue weighted by Crippen LogP contribution is 2.25. The van der Waals surface area contributed by atoms with Crippen LogP contribution in [0.3, 0.4) is 0 Å². The highest BCUT2D eigenvalue weighted by Gasteiger charge is 2.31. The molecule has 0 saturated heterocycles. The highest BCUT2D eigenvalue weighted by atomic mass is 19.4. The summed E-state index contributed by atoms with van der Waals surface area (Å²) in [4.78, 5) is 13.8. The molecule has 0 unspecified atom stereocenters. The van der Waals surface area contributed by atoms with Gasteiger partial charge in [0.1, 0.15) is 0 Å². The molecule has 0 aromatic heterocycles. The van der Waals surface area contributed by atoms with Gasteiger partial charge in [-0.2, -0.15) is 13.2 Å². The van der Waals surface area contributed by atoms with E-state index in [4.69, 9.17) is 0 Å². The van der Waals surface area contributed by atoms with Gasteiger partial charge in [-0.15, -0.1) is 5.73 Å². The van der Waals surface area contributed by atoms with E-state index in [1.54, 1.807) is 13.8 Å². The summed E-state index contributed by atoms with van der Waals surface area (Å²) in [5.41, 5.74) is 2.20. The van der Waals surface area contributed by atoms with Crippen molar-refractivity contribution < 1.29 is 18.0 Å². The molecule has 0 saturated carbocycles. The number of carbonyl (C=O) groups excluding carboxylic acids is 1. The van der Waals surface area contributed by atoms with Crippen LogP contribution in [0.1, 0.15) is 27.7 Å². The van der Waals surface area contributed by atoms with Crippen molar-refractivity contribution in [1.29, 1.82) is 0 Å². The van der Waals surface area contributed by atoms with E-state index in [1.165, 1.54) is 6.08 Å². The summed E-state index contributed by atoms with van der Waals surface area (Å²) in [5.74, 6) is -0.197. The Morgan fingerprint density at radius 2 is 1.82 bits per heavy atom. The zero-order chi connectivity index (χ0) is 17.3. The van der Waals surface area contributed by atoms with Gasteiger partial charge < -0.3 is 5.32 Å². The highest BCUT2D eigenvalue weighted by molar-refractivity contribution is 5.79. The Morgan fingerprint density at radius 3 is 2.23 bits per heavy atom. The first kappa shape index (κ1) is 20.2. The maximum atomic E-state index is 12.5. The molecule has 0 aromatic carbocycles. The van der Waals surface area contributed by atoms with Crippen LogP contribution in [0.15, 0.2) is 41.3 Å². The smallest absolute Gasteiger partial charge is 0.329 e. The minimum Gasteiger partial charge on any atom is -0.329 e. The van der Waals surface area contributed by atoms with Crippen LogP contribution in [0.25, 0.3) is 0 Å². The summed E-state index contributed by atoms with van der Waals surface area (Å²) in [6.45, 7) is 12.0. The number of nitrogens with one attached hydrogen (secondary N) is 1. The lowest BCUT2D eigenvalue weighted by Crippen LogP contribution is -2.36. The molecule has 124 valence electrons. The molecule has 0 rings (SSSR count). The fraction of sp³-hybridized carbons (Fsp3) is 0.500. The number of amides is 1. The number of allylic oxidation sites excluding steroid dienone is 4. The number of hydrogen-bond donors (Lipinski definition) is 1. The Hall–Kier alpha value is -1.78. The predicted molar refractivity (Wildman–Crippen MR) is 82.2 cm³/mol. The summed E-state index contributed by atoms with van der Waals surface area (Å²) < 4.78 is 37.6. The Bertz CT molecular complexity index is 494. The van der Waals surface area contributed by atoms with Crippen LogP contribution in [0.4, 0.5) is 13.2 Å². The van der Waals surface area contributed by atoms with Crippen molar-refractivity contribution in [3.63, 3.8) is 0 Å². The molecule has 0 radical (unpaired) electrons. The lowest BCUT2D eigenvalue weighted by Gasteiger charge is -2.17. The monoisotopic (exact) mass is 316 g/mol. The molecule has 3 nitrogen and oxygen atoms in total. The second-order valence-corrected chi connectivity index (χ2v) is 4.72. The average Bonchev–Trinajstić information content (AvgIpc) is 2.43. The van der Waals surface area contributed by atoms with Crippen molar-refractivity contribution >= 4 is 5.91 Å². The molecule has 0 atom stereocenters. The summed E-state index contributed by atoms with van der Waals surface area (Å²) in [6.07, 6.45) is -2.59. The second kappa shape index (κ2) is 9.28. The number of carbonyl (C=O) groups is 1. The minimum absolute atomic E-state index is 0.197. The van der Waals surface area contributed by atoms with Crippen molar-refractivity contribution in [3.8, 4) is 0 Å². The topological polar surface area (TPSA) is 32.3 Å². The Balaban J connectivity index is 5.04. The van der Waals surface area contributed by atoms with E-state index < -0.39 is 11.7 Å². The third-order valence-corrected chi connectivity index (χ3v) is 3.13.